The highest BCUT2D eigenvalue weighted by Crippen LogP contribution is 2.28. The second-order valence-electron chi connectivity index (χ2n) is 4.94. The largest absolute Gasteiger partial charge is 0.478 e. The van der Waals surface area contributed by atoms with Crippen LogP contribution in [0.25, 0.3) is 0 Å². The third-order valence-electron chi connectivity index (χ3n) is 3.05. The number of ether oxygens (including phenoxy) is 1. The molecule has 0 saturated heterocycles. The first-order chi connectivity index (χ1) is 11.0. The van der Waals surface area contributed by atoms with E-state index in [9.17, 15) is 10.1 Å². The molecule has 0 aliphatic rings. The van der Waals surface area contributed by atoms with E-state index in [4.69, 9.17) is 16.3 Å². The van der Waals surface area contributed by atoms with Gasteiger partial charge in [0.1, 0.15) is 5.15 Å². The van der Waals surface area contributed by atoms with Gasteiger partial charge in [0.05, 0.1) is 11.5 Å². The Morgan fingerprint density at radius 3 is 2.74 bits per heavy atom. The number of hydrogen-bond acceptors (Lipinski definition) is 6. The summed E-state index contributed by atoms with van der Waals surface area (Å²) in [4.78, 5) is 20.7. The molecule has 7 nitrogen and oxygen atoms in total. The molecule has 2 aromatic heterocycles. The van der Waals surface area contributed by atoms with Crippen LogP contribution >= 0.6 is 11.6 Å². The molecule has 0 saturated carbocycles. The summed E-state index contributed by atoms with van der Waals surface area (Å²) in [5.41, 5.74) is 0.797. The van der Waals surface area contributed by atoms with Gasteiger partial charge >= 0.3 is 5.69 Å². The Morgan fingerprint density at radius 1 is 1.35 bits per heavy atom. The molecule has 2 aromatic rings. The molecule has 0 fully saturated rings. The fraction of sp³-hybridized carbons (Fsp3) is 0.333. The second kappa shape index (κ2) is 7.73. The smallest absolute Gasteiger partial charge is 0.311 e. The summed E-state index contributed by atoms with van der Waals surface area (Å²) < 4.78 is 5.46. The molecule has 0 N–H and O–H groups in total. The number of rotatable bonds is 7. The zero-order valence-electron chi connectivity index (χ0n) is 12.9. The van der Waals surface area contributed by atoms with Crippen molar-refractivity contribution in [1.82, 2.24) is 9.97 Å². The maximum atomic E-state index is 11.2. The van der Waals surface area contributed by atoms with Crippen molar-refractivity contribution in [1.29, 1.82) is 0 Å². The van der Waals surface area contributed by atoms with Crippen molar-refractivity contribution in [3.05, 3.63) is 51.3 Å². The van der Waals surface area contributed by atoms with Gasteiger partial charge in [-0.1, -0.05) is 24.6 Å². The Balaban J connectivity index is 2.26. The minimum atomic E-state index is -0.456. The van der Waals surface area contributed by atoms with Gasteiger partial charge in [-0.05, 0) is 18.1 Å². The maximum absolute atomic E-state index is 11.2. The number of hydrogen-bond donors (Lipinski definition) is 0. The summed E-state index contributed by atoms with van der Waals surface area (Å²) in [6.45, 7) is 2.90. The van der Waals surface area contributed by atoms with Crippen LogP contribution in [-0.2, 0) is 6.54 Å². The van der Waals surface area contributed by atoms with E-state index in [-0.39, 0.29) is 11.5 Å². The Labute approximate surface area is 139 Å². The molecular weight excluding hydrogens is 320 g/mol. The van der Waals surface area contributed by atoms with Crippen molar-refractivity contribution >= 4 is 23.1 Å². The molecular formula is C15H17ClN4O3. The van der Waals surface area contributed by atoms with Crippen LogP contribution < -0.4 is 9.64 Å². The molecule has 0 atom stereocenters. The van der Waals surface area contributed by atoms with Crippen molar-refractivity contribution in [2.24, 2.45) is 0 Å². The van der Waals surface area contributed by atoms with Gasteiger partial charge < -0.3 is 9.64 Å². The lowest BCUT2D eigenvalue weighted by atomic mass is 10.2. The monoisotopic (exact) mass is 336 g/mol. The van der Waals surface area contributed by atoms with Crippen LogP contribution in [0, 0.1) is 10.1 Å². The van der Waals surface area contributed by atoms with Crippen molar-refractivity contribution in [3.63, 3.8) is 0 Å². The summed E-state index contributed by atoms with van der Waals surface area (Å²) in [5, 5.41) is 11.6. The molecule has 2 rings (SSSR count). The molecule has 122 valence electrons. The highest BCUT2D eigenvalue weighted by Gasteiger charge is 2.20. The van der Waals surface area contributed by atoms with Crippen molar-refractivity contribution in [2.75, 3.05) is 18.6 Å². The molecule has 0 aliphatic heterocycles. The van der Waals surface area contributed by atoms with Crippen molar-refractivity contribution < 1.29 is 9.66 Å². The summed E-state index contributed by atoms with van der Waals surface area (Å²) in [5.74, 6) is 0.618. The van der Waals surface area contributed by atoms with Gasteiger partial charge in [0.15, 0.2) is 0 Å². The summed E-state index contributed by atoms with van der Waals surface area (Å²) in [6.07, 6.45) is 2.46. The first-order valence-electron chi connectivity index (χ1n) is 7.11. The van der Waals surface area contributed by atoms with E-state index in [0.29, 0.717) is 24.2 Å². The number of nitro groups is 1. The predicted molar refractivity (Wildman–Crippen MR) is 88.0 cm³/mol. The number of anilines is 1. The predicted octanol–water partition coefficient (Wildman–Crippen LogP) is 3.46. The Hall–Kier alpha value is -2.41. The zero-order valence-corrected chi connectivity index (χ0v) is 13.7. The first-order valence-corrected chi connectivity index (χ1v) is 7.49. The molecule has 2 heterocycles. The third kappa shape index (κ3) is 4.53. The summed E-state index contributed by atoms with van der Waals surface area (Å²) in [7, 11) is 1.73. The minimum absolute atomic E-state index is 0.0710. The van der Waals surface area contributed by atoms with E-state index in [1.807, 2.05) is 13.0 Å². The fourth-order valence-corrected chi connectivity index (χ4v) is 2.09. The lowest BCUT2D eigenvalue weighted by Gasteiger charge is -2.18. The molecule has 23 heavy (non-hydrogen) atoms. The highest BCUT2D eigenvalue weighted by molar-refractivity contribution is 6.29. The molecule has 0 radical (unpaired) electrons. The quantitative estimate of drug-likeness (QED) is 0.437. The molecule has 0 bridgehead atoms. The average Bonchev–Trinajstić information content (AvgIpc) is 2.54. The summed E-state index contributed by atoms with van der Waals surface area (Å²) >= 11 is 5.76. The van der Waals surface area contributed by atoms with E-state index < -0.39 is 4.92 Å². The van der Waals surface area contributed by atoms with E-state index in [1.54, 1.807) is 24.2 Å². The lowest BCUT2D eigenvalue weighted by Crippen LogP contribution is -2.19. The van der Waals surface area contributed by atoms with Crippen LogP contribution in [0.3, 0.4) is 0 Å². The van der Waals surface area contributed by atoms with Crippen molar-refractivity contribution in [2.45, 2.75) is 19.9 Å². The van der Waals surface area contributed by atoms with E-state index >= 15 is 0 Å². The molecule has 0 spiro atoms. The van der Waals surface area contributed by atoms with Crippen LogP contribution in [0.2, 0.25) is 5.15 Å². The second-order valence-corrected chi connectivity index (χ2v) is 5.33. The molecule has 0 aliphatic carbocycles. The Bertz CT molecular complexity index is 679. The molecule has 0 unspecified atom stereocenters. The molecule has 8 heteroatoms. The van der Waals surface area contributed by atoms with Crippen molar-refractivity contribution in [3.8, 4) is 5.88 Å². The number of aromatic nitrogens is 2. The van der Waals surface area contributed by atoms with E-state index in [0.717, 1.165) is 12.0 Å². The van der Waals surface area contributed by atoms with Crippen LogP contribution in [-0.4, -0.2) is 28.5 Å². The zero-order chi connectivity index (χ0) is 16.8. The normalized spacial score (nSPS) is 10.4. The van der Waals surface area contributed by atoms with Gasteiger partial charge in [-0.25, -0.2) is 4.98 Å². The first kappa shape index (κ1) is 17.0. The third-order valence-corrected chi connectivity index (χ3v) is 3.27. The SMILES string of the molecule is CCCOc1ccc([N+](=O)[O-])c(N(C)Cc2ccc(Cl)nc2)n1. The lowest BCUT2D eigenvalue weighted by molar-refractivity contribution is -0.384. The van der Waals surface area contributed by atoms with E-state index in [2.05, 4.69) is 9.97 Å². The maximum Gasteiger partial charge on any atom is 0.311 e. The van der Waals surface area contributed by atoms with Gasteiger partial charge in [-0.2, -0.15) is 4.98 Å². The number of halogens is 1. The Kier molecular flexibility index (Phi) is 5.70. The Morgan fingerprint density at radius 2 is 2.13 bits per heavy atom. The molecule has 0 aromatic carbocycles. The number of nitrogens with zero attached hydrogens (tertiary/aromatic N) is 4. The average molecular weight is 337 g/mol. The minimum Gasteiger partial charge on any atom is -0.478 e. The van der Waals surface area contributed by atoms with Gasteiger partial charge in [0, 0.05) is 31.9 Å². The van der Waals surface area contributed by atoms with Crippen LogP contribution in [0.1, 0.15) is 18.9 Å². The standard InChI is InChI=1S/C15H17ClN4O3/c1-3-8-23-14-7-5-12(20(21)22)15(18-14)19(2)10-11-4-6-13(16)17-9-11/h4-7,9H,3,8,10H2,1-2H3. The fourth-order valence-electron chi connectivity index (χ4n) is 1.98. The van der Waals surface area contributed by atoms with Gasteiger partial charge in [-0.3, -0.25) is 10.1 Å². The van der Waals surface area contributed by atoms with E-state index in [1.165, 1.54) is 12.1 Å². The van der Waals surface area contributed by atoms with Crippen LogP contribution in [0.5, 0.6) is 5.88 Å². The number of pyridine rings is 2. The van der Waals surface area contributed by atoms with Gasteiger partial charge in [0.2, 0.25) is 11.7 Å². The van der Waals surface area contributed by atoms with Gasteiger partial charge in [-0.15, -0.1) is 0 Å². The highest BCUT2D eigenvalue weighted by atomic mass is 35.5. The van der Waals surface area contributed by atoms with Crippen LogP contribution in [0.15, 0.2) is 30.5 Å². The summed E-state index contributed by atoms with van der Waals surface area (Å²) in [6, 6.07) is 6.40. The van der Waals surface area contributed by atoms with Gasteiger partial charge in [0.25, 0.3) is 0 Å². The van der Waals surface area contributed by atoms with Crippen LogP contribution in [0.4, 0.5) is 11.5 Å². The topological polar surface area (TPSA) is 81.4 Å². The molecule has 0 amide bonds.